The van der Waals surface area contributed by atoms with Crippen LogP contribution in [0.25, 0.3) is 0 Å². The largest absolute Gasteiger partial charge is 0.338 e. The van der Waals surface area contributed by atoms with Gasteiger partial charge in [-0.05, 0) is 50.9 Å². The molecule has 0 heterocycles. The Bertz CT molecular complexity index is 384. The topological polar surface area (TPSA) is 53.2 Å². The molecule has 19 heavy (non-hydrogen) atoms. The molecular formula is C15H25N3O. The van der Waals surface area contributed by atoms with Gasteiger partial charge in [-0.3, -0.25) is 0 Å². The van der Waals surface area contributed by atoms with E-state index in [2.05, 4.69) is 22.9 Å². The van der Waals surface area contributed by atoms with Crippen molar-refractivity contribution >= 4 is 11.7 Å². The third-order valence-corrected chi connectivity index (χ3v) is 2.96. The van der Waals surface area contributed by atoms with Crippen molar-refractivity contribution in [1.29, 1.82) is 0 Å². The van der Waals surface area contributed by atoms with Gasteiger partial charge in [-0.25, -0.2) is 4.79 Å². The van der Waals surface area contributed by atoms with Gasteiger partial charge < -0.3 is 16.0 Å². The van der Waals surface area contributed by atoms with Crippen molar-refractivity contribution in [2.75, 3.05) is 25.0 Å². The first-order valence-electron chi connectivity index (χ1n) is 6.97. The normalized spacial score (nSPS) is 10.3. The first kappa shape index (κ1) is 15.5. The number of rotatable bonds is 7. The molecule has 2 amide bonds. The third-order valence-electron chi connectivity index (χ3n) is 2.96. The van der Waals surface area contributed by atoms with Crippen LogP contribution in [0.2, 0.25) is 0 Å². The minimum Gasteiger partial charge on any atom is -0.338 e. The fraction of sp³-hybridized carbons (Fsp3) is 0.533. The number of nitrogens with one attached hydrogen (secondary N) is 3. The van der Waals surface area contributed by atoms with E-state index in [0.29, 0.717) is 6.54 Å². The number of benzene rings is 1. The van der Waals surface area contributed by atoms with Crippen molar-refractivity contribution in [1.82, 2.24) is 10.6 Å². The Morgan fingerprint density at radius 1 is 1.11 bits per heavy atom. The summed E-state index contributed by atoms with van der Waals surface area (Å²) in [7, 11) is 0. The minimum atomic E-state index is -0.132. The number of hydrogen-bond acceptors (Lipinski definition) is 2. The van der Waals surface area contributed by atoms with Crippen LogP contribution < -0.4 is 16.0 Å². The molecule has 0 bridgehead atoms. The lowest BCUT2D eigenvalue weighted by Gasteiger charge is -2.12. The third kappa shape index (κ3) is 5.75. The predicted molar refractivity (Wildman–Crippen MR) is 80.7 cm³/mol. The van der Waals surface area contributed by atoms with Crippen LogP contribution in [0.3, 0.4) is 0 Å². The second-order valence-electron chi connectivity index (χ2n) is 4.75. The highest BCUT2D eigenvalue weighted by Gasteiger charge is 2.05. The standard InChI is InChI=1S/C15H25N3O/c1-4-9-16-10-6-11-17-15(19)18-14-12(2)7-5-8-13(14)3/h5,7-8,16H,4,6,9-11H2,1-3H3,(H2,17,18,19). The smallest absolute Gasteiger partial charge is 0.319 e. The quantitative estimate of drug-likeness (QED) is 0.663. The van der Waals surface area contributed by atoms with Crippen LogP contribution in [0, 0.1) is 13.8 Å². The van der Waals surface area contributed by atoms with Crippen LogP contribution in [-0.2, 0) is 0 Å². The van der Waals surface area contributed by atoms with Gasteiger partial charge in [-0.1, -0.05) is 25.1 Å². The average Bonchev–Trinajstić information content (AvgIpc) is 2.38. The SMILES string of the molecule is CCCNCCCNC(=O)Nc1c(C)cccc1C. The monoisotopic (exact) mass is 263 g/mol. The van der Waals surface area contributed by atoms with E-state index in [-0.39, 0.29) is 6.03 Å². The molecule has 0 saturated heterocycles. The fourth-order valence-electron chi connectivity index (χ4n) is 1.89. The maximum atomic E-state index is 11.8. The summed E-state index contributed by atoms with van der Waals surface area (Å²) < 4.78 is 0. The molecule has 0 aliphatic heterocycles. The highest BCUT2D eigenvalue weighted by Crippen LogP contribution is 2.18. The molecule has 1 aromatic rings. The average molecular weight is 263 g/mol. The van der Waals surface area contributed by atoms with Gasteiger partial charge in [-0.15, -0.1) is 0 Å². The summed E-state index contributed by atoms with van der Waals surface area (Å²) in [6.45, 7) is 8.80. The molecule has 0 spiro atoms. The molecule has 4 heteroatoms. The molecule has 0 aliphatic rings. The maximum Gasteiger partial charge on any atom is 0.319 e. The number of carbonyl (C=O) groups is 1. The Morgan fingerprint density at radius 3 is 2.42 bits per heavy atom. The van der Waals surface area contributed by atoms with Gasteiger partial charge in [0.25, 0.3) is 0 Å². The summed E-state index contributed by atoms with van der Waals surface area (Å²) in [5, 5.41) is 9.09. The van der Waals surface area contributed by atoms with Gasteiger partial charge in [0.2, 0.25) is 0 Å². The second-order valence-corrected chi connectivity index (χ2v) is 4.75. The first-order chi connectivity index (χ1) is 9.15. The molecule has 1 aromatic carbocycles. The molecule has 0 unspecified atom stereocenters. The molecule has 1 rings (SSSR count). The maximum absolute atomic E-state index is 11.8. The van der Waals surface area contributed by atoms with E-state index in [0.717, 1.165) is 42.7 Å². The van der Waals surface area contributed by atoms with E-state index >= 15 is 0 Å². The van der Waals surface area contributed by atoms with Crippen molar-refractivity contribution in [2.24, 2.45) is 0 Å². The number of amides is 2. The van der Waals surface area contributed by atoms with Crippen LogP contribution in [-0.4, -0.2) is 25.7 Å². The van der Waals surface area contributed by atoms with Gasteiger partial charge in [0.05, 0.1) is 0 Å². The van der Waals surface area contributed by atoms with E-state index in [1.54, 1.807) is 0 Å². The van der Waals surface area contributed by atoms with E-state index < -0.39 is 0 Å². The Morgan fingerprint density at radius 2 is 1.79 bits per heavy atom. The molecule has 0 fully saturated rings. The van der Waals surface area contributed by atoms with E-state index in [9.17, 15) is 4.79 Å². The zero-order valence-corrected chi connectivity index (χ0v) is 12.2. The molecule has 0 aromatic heterocycles. The van der Waals surface area contributed by atoms with Crippen LogP contribution in [0.4, 0.5) is 10.5 Å². The van der Waals surface area contributed by atoms with Gasteiger partial charge in [-0.2, -0.15) is 0 Å². The van der Waals surface area contributed by atoms with Crippen LogP contribution in [0.1, 0.15) is 30.9 Å². The van der Waals surface area contributed by atoms with Crippen molar-refractivity contribution in [3.05, 3.63) is 29.3 Å². The number of para-hydroxylation sites is 1. The van der Waals surface area contributed by atoms with Crippen LogP contribution in [0.15, 0.2) is 18.2 Å². The number of anilines is 1. The van der Waals surface area contributed by atoms with Crippen LogP contribution >= 0.6 is 0 Å². The van der Waals surface area contributed by atoms with E-state index in [4.69, 9.17) is 0 Å². The number of carbonyl (C=O) groups excluding carboxylic acids is 1. The van der Waals surface area contributed by atoms with E-state index in [1.165, 1.54) is 0 Å². The summed E-state index contributed by atoms with van der Waals surface area (Å²) in [5.74, 6) is 0. The zero-order valence-electron chi connectivity index (χ0n) is 12.2. The zero-order chi connectivity index (χ0) is 14.1. The molecule has 4 nitrogen and oxygen atoms in total. The Labute approximate surface area is 116 Å². The summed E-state index contributed by atoms with van der Waals surface area (Å²) in [5.41, 5.74) is 3.07. The Balaban J connectivity index is 2.28. The molecule has 0 aliphatic carbocycles. The Hall–Kier alpha value is -1.55. The highest BCUT2D eigenvalue weighted by atomic mass is 16.2. The lowest BCUT2D eigenvalue weighted by Crippen LogP contribution is -2.31. The van der Waals surface area contributed by atoms with Gasteiger partial charge in [0.1, 0.15) is 0 Å². The summed E-state index contributed by atoms with van der Waals surface area (Å²) in [6, 6.07) is 5.86. The van der Waals surface area contributed by atoms with Gasteiger partial charge in [0.15, 0.2) is 0 Å². The summed E-state index contributed by atoms with van der Waals surface area (Å²) >= 11 is 0. The van der Waals surface area contributed by atoms with Crippen molar-refractivity contribution in [2.45, 2.75) is 33.6 Å². The summed E-state index contributed by atoms with van der Waals surface area (Å²) in [4.78, 5) is 11.8. The predicted octanol–water partition coefficient (Wildman–Crippen LogP) is 2.81. The number of urea groups is 1. The van der Waals surface area contributed by atoms with Crippen molar-refractivity contribution in [3.8, 4) is 0 Å². The van der Waals surface area contributed by atoms with E-state index in [1.807, 2.05) is 32.0 Å². The molecule has 0 radical (unpaired) electrons. The van der Waals surface area contributed by atoms with Crippen molar-refractivity contribution in [3.63, 3.8) is 0 Å². The molecule has 3 N–H and O–H groups in total. The molecule has 0 saturated carbocycles. The lowest BCUT2D eigenvalue weighted by molar-refractivity contribution is 0.252. The van der Waals surface area contributed by atoms with Gasteiger partial charge >= 0.3 is 6.03 Å². The fourth-order valence-corrected chi connectivity index (χ4v) is 1.89. The molecule has 0 atom stereocenters. The molecule has 106 valence electrons. The highest BCUT2D eigenvalue weighted by molar-refractivity contribution is 5.90. The molecular weight excluding hydrogens is 238 g/mol. The number of hydrogen-bond donors (Lipinski definition) is 3. The van der Waals surface area contributed by atoms with Crippen LogP contribution in [0.5, 0.6) is 0 Å². The lowest BCUT2D eigenvalue weighted by atomic mass is 10.1. The second kappa shape index (κ2) is 8.53. The van der Waals surface area contributed by atoms with Gasteiger partial charge in [0, 0.05) is 12.2 Å². The first-order valence-corrected chi connectivity index (χ1v) is 6.97. The Kier molecular flexibility index (Phi) is 6.97. The summed E-state index contributed by atoms with van der Waals surface area (Å²) in [6.07, 6.45) is 2.08. The number of aryl methyl sites for hydroxylation is 2. The minimum absolute atomic E-state index is 0.132. The van der Waals surface area contributed by atoms with Crippen molar-refractivity contribution < 1.29 is 4.79 Å².